The molecule has 0 bridgehead atoms. The molecule has 0 aliphatic carbocycles. The molecule has 3 aromatic rings. The van der Waals surface area contributed by atoms with Gasteiger partial charge in [0, 0.05) is 17.8 Å². The number of nitrogens with one attached hydrogen (secondary N) is 2. The quantitative estimate of drug-likeness (QED) is 0.693. The van der Waals surface area contributed by atoms with Crippen molar-refractivity contribution in [3.05, 3.63) is 88.7 Å². The highest BCUT2D eigenvalue weighted by atomic mass is 16.2. The van der Waals surface area contributed by atoms with Gasteiger partial charge in [-0.1, -0.05) is 60.7 Å². The summed E-state index contributed by atoms with van der Waals surface area (Å²) in [5.41, 5.74) is 5.37. The molecule has 140 valence electrons. The predicted octanol–water partition coefficient (Wildman–Crippen LogP) is 4.11. The van der Waals surface area contributed by atoms with E-state index in [4.69, 9.17) is 0 Å². The largest absolute Gasteiger partial charge is 0.334 e. The maximum absolute atomic E-state index is 12.3. The number of aryl methyl sites for hydroxylation is 1. The number of rotatable bonds is 6. The molecule has 5 nitrogen and oxygen atoms in total. The van der Waals surface area contributed by atoms with Gasteiger partial charge in [-0.3, -0.25) is 4.68 Å². The van der Waals surface area contributed by atoms with Crippen LogP contribution in [0, 0.1) is 13.8 Å². The number of carbonyl (C=O) groups is 1. The Kier molecular flexibility index (Phi) is 5.91. The summed E-state index contributed by atoms with van der Waals surface area (Å²) in [5.74, 6) is 0. The average molecular weight is 362 g/mol. The van der Waals surface area contributed by atoms with Gasteiger partial charge in [-0.15, -0.1) is 0 Å². The van der Waals surface area contributed by atoms with Crippen LogP contribution in [0.15, 0.2) is 60.7 Å². The molecule has 0 spiro atoms. The molecular formula is C22H26N4O. The number of carbonyl (C=O) groups excluding carboxylic acids is 1. The number of amides is 2. The lowest BCUT2D eigenvalue weighted by Crippen LogP contribution is -2.36. The maximum atomic E-state index is 12.3. The lowest BCUT2D eigenvalue weighted by Gasteiger charge is -2.15. The van der Waals surface area contributed by atoms with E-state index in [1.807, 2.05) is 74.0 Å². The van der Waals surface area contributed by atoms with Crippen LogP contribution in [0.2, 0.25) is 0 Å². The molecular weight excluding hydrogens is 336 g/mol. The first-order valence-corrected chi connectivity index (χ1v) is 9.20. The molecule has 1 unspecified atom stereocenters. The number of nitrogens with zero attached hydrogens (tertiary/aromatic N) is 2. The zero-order chi connectivity index (χ0) is 19.2. The summed E-state index contributed by atoms with van der Waals surface area (Å²) in [6, 6.07) is 19.9. The Morgan fingerprint density at radius 3 is 2.33 bits per heavy atom. The highest BCUT2D eigenvalue weighted by molar-refractivity contribution is 5.74. The summed E-state index contributed by atoms with van der Waals surface area (Å²) in [6.45, 7) is 7.19. The molecule has 5 heteroatoms. The molecule has 0 radical (unpaired) electrons. The third-order valence-corrected chi connectivity index (χ3v) is 4.78. The Morgan fingerprint density at radius 2 is 1.67 bits per heavy atom. The van der Waals surface area contributed by atoms with Gasteiger partial charge in [0.1, 0.15) is 0 Å². The summed E-state index contributed by atoms with van der Waals surface area (Å²) >= 11 is 0. The molecule has 2 amide bonds. The third kappa shape index (κ3) is 4.76. The molecule has 0 aliphatic rings. The second-order valence-electron chi connectivity index (χ2n) is 6.75. The molecule has 2 aromatic carbocycles. The Hall–Kier alpha value is -3.08. The van der Waals surface area contributed by atoms with Gasteiger partial charge in [0.25, 0.3) is 0 Å². The lowest BCUT2D eigenvalue weighted by molar-refractivity contribution is 0.237. The maximum Gasteiger partial charge on any atom is 0.315 e. The van der Waals surface area contributed by atoms with E-state index in [1.54, 1.807) is 0 Å². The summed E-state index contributed by atoms with van der Waals surface area (Å²) in [5, 5.41) is 10.6. The van der Waals surface area contributed by atoms with E-state index in [-0.39, 0.29) is 12.1 Å². The van der Waals surface area contributed by atoms with Crippen LogP contribution < -0.4 is 10.6 Å². The van der Waals surface area contributed by atoms with Crippen LogP contribution in [0.4, 0.5) is 4.79 Å². The van der Waals surface area contributed by atoms with Crippen molar-refractivity contribution < 1.29 is 4.79 Å². The average Bonchev–Trinajstić information content (AvgIpc) is 2.94. The van der Waals surface area contributed by atoms with E-state index in [0.717, 1.165) is 29.1 Å². The second kappa shape index (κ2) is 8.54. The van der Waals surface area contributed by atoms with Gasteiger partial charge in [-0.05, 0) is 31.9 Å². The Morgan fingerprint density at radius 1 is 1.04 bits per heavy atom. The molecule has 1 atom stereocenters. The lowest BCUT2D eigenvalue weighted by atomic mass is 10.1. The molecule has 3 rings (SSSR count). The van der Waals surface area contributed by atoms with Gasteiger partial charge in [-0.25, -0.2) is 4.79 Å². The van der Waals surface area contributed by atoms with Crippen molar-refractivity contribution >= 4 is 6.03 Å². The zero-order valence-electron chi connectivity index (χ0n) is 16.1. The van der Waals surface area contributed by atoms with E-state index >= 15 is 0 Å². The number of aromatic nitrogens is 2. The van der Waals surface area contributed by atoms with Crippen molar-refractivity contribution in [2.75, 3.05) is 0 Å². The topological polar surface area (TPSA) is 59.0 Å². The number of urea groups is 1. The van der Waals surface area contributed by atoms with Crippen LogP contribution in [-0.4, -0.2) is 15.8 Å². The minimum Gasteiger partial charge on any atom is -0.334 e. The van der Waals surface area contributed by atoms with E-state index in [2.05, 4.69) is 27.9 Å². The number of hydrogen-bond acceptors (Lipinski definition) is 2. The van der Waals surface area contributed by atoms with Gasteiger partial charge in [0.2, 0.25) is 0 Å². The molecule has 0 saturated carbocycles. The molecule has 2 N–H and O–H groups in total. The van der Waals surface area contributed by atoms with Crippen LogP contribution in [0.25, 0.3) is 0 Å². The molecule has 0 fully saturated rings. The van der Waals surface area contributed by atoms with Crippen molar-refractivity contribution in [1.82, 2.24) is 20.4 Å². The van der Waals surface area contributed by atoms with Gasteiger partial charge in [0.05, 0.1) is 18.3 Å². The SMILES string of the molecule is Cc1nn(Cc2ccccc2)c(C)c1CNC(=O)NC(C)c1ccccc1. The van der Waals surface area contributed by atoms with E-state index in [0.29, 0.717) is 6.54 Å². The van der Waals surface area contributed by atoms with Crippen LogP contribution >= 0.6 is 0 Å². The first kappa shape index (κ1) is 18.7. The molecule has 0 aliphatic heterocycles. The van der Waals surface area contributed by atoms with Gasteiger partial charge in [0.15, 0.2) is 0 Å². The van der Waals surface area contributed by atoms with Gasteiger partial charge < -0.3 is 10.6 Å². The number of benzene rings is 2. The predicted molar refractivity (Wildman–Crippen MR) is 107 cm³/mol. The van der Waals surface area contributed by atoms with Crippen molar-refractivity contribution in [3.8, 4) is 0 Å². The van der Waals surface area contributed by atoms with E-state index in [1.165, 1.54) is 5.56 Å². The Labute approximate surface area is 160 Å². The fourth-order valence-corrected chi connectivity index (χ4v) is 3.14. The molecule has 1 heterocycles. The Bertz CT molecular complexity index is 887. The van der Waals surface area contributed by atoms with Crippen LogP contribution in [0.1, 0.15) is 41.0 Å². The summed E-state index contributed by atoms with van der Waals surface area (Å²) in [4.78, 5) is 12.3. The van der Waals surface area contributed by atoms with E-state index in [9.17, 15) is 4.79 Å². The zero-order valence-corrected chi connectivity index (χ0v) is 16.1. The summed E-state index contributed by atoms with van der Waals surface area (Å²) < 4.78 is 1.99. The molecule has 27 heavy (non-hydrogen) atoms. The first-order chi connectivity index (χ1) is 13.0. The van der Waals surface area contributed by atoms with Crippen molar-refractivity contribution in [3.63, 3.8) is 0 Å². The van der Waals surface area contributed by atoms with Crippen LogP contribution in [0.5, 0.6) is 0 Å². The van der Waals surface area contributed by atoms with Crippen LogP contribution in [0.3, 0.4) is 0 Å². The summed E-state index contributed by atoms with van der Waals surface area (Å²) in [7, 11) is 0. The molecule has 0 saturated heterocycles. The first-order valence-electron chi connectivity index (χ1n) is 9.20. The minimum atomic E-state index is -0.180. The fourth-order valence-electron chi connectivity index (χ4n) is 3.14. The smallest absolute Gasteiger partial charge is 0.315 e. The highest BCUT2D eigenvalue weighted by Crippen LogP contribution is 2.15. The molecule has 1 aromatic heterocycles. The van der Waals surface area contributed by atoms with E-state index < -0.39 is 0 Å². The van der Waals surface area contributed by atoms with Crippen molar-refractivity contribution in [2.45, 2.75) is 39.9 Å². The fraction of sp³-hybridized carbons (Fsp3) is 0.273. The normalized spacial score (nSPS) is 11.8. The second-order valence-corrected chi connectivity index (χ2v) is 6.75. The van der Waals surface area contributed by atoms with Gasteiger partial charge in [-0.2, -0.15) is 5.10 Å². The minimum absolute atomic E-state index is 0.0470. The van der Waals surface area contributed by atoms with Crippen molar-refractivity contribution in [2.24, 2.45) is 0 Å². The standard InChI is InChI=1S/C22H26N4O/c1-16(20-12-8-5-9-13-20)24-22(27)23-14-21-17(2)25-26(18(21)3)15-19-10-6-4-7-11-19/h4-13,16H,14-15H2,1-3H3,(H2,23,24,27). The number of hydrogen-bond donors (Lipinski definition) is 2. The third-order valence-electron chi connectivity index (χ3n) is 4.78. The van der Waals surface area contributed by atoms with Crippen LogP contribution in [-0.2, 0) is 13.1 Å². The summed E-state index contributed by atoms with van der Waals surface area (Å²) in [6.07, 6.45) is 0. The Balaban J connectivity index is 1.60. The monoisotopic (exact) mass is 362 g/mol. The van der Waals surface area contributed by atoms with Gasteiger partial charge >= 0.3 is 6.03 Å². The van der Waals surface area contributed by atoms with Crippen molar-refractivity contribution in [1.29, 1.82) is 0 Å². The highest BCUT2D eigenvalue weighted by Gasteiger charge is 2.14.